The Labute approximate surface area is 189 Å². The molecule has 0 N–H and O–H groups in total. The van der Waals surface area contributed by atoms with Gasteiger partial charge in [0.1, 0.15) is 0 Å². The predicted octanol–water partition coefficient (Wildman–Crippen LogP) is 0.849. The molecule has 6 rings (SSSR count). The van der Waals surface area contributed by atoms with Gasteiger partial charge in [0, 0.05) is 0 Å². The van der Waals surface area contributed by atoms with E-state index in [0.717, 1.165) is 26.2 Å². The second kappa shape index (κ2) is 7.76. The highest BCUT2D eigenvalue weighted by atomic mass is 16.2. The van der Waals surface area contributed by atoms with E-state index in [4.69, 9.17) is 0 Å². The molecule has 32 heavy (non-hydrogen) atoms. The van der Waals surface area contributed by atoms with Crippen LogP contribution in [0.5, 0.6) is 0 Å². The summed E-state index contributed by atoms with van der Waals surface area (Å²) in [5, 5.41) is 0. The van der Waals surface area contributed by atoms with E-state index in [2.05, 4.69) is 22.0 Å². The zero-order chi connectivity index (χ0) is 22.9. The predicted molar refractivity (Wildman–Crippen MR) is 116 cm³/mol. The molecule has 0 spiro atoms. The number of hydrogen-bond acceptors (Lipinski definition) is 6. The fourth-order valence-electron chi connectivity index (χ4n) is 7.25. The van der Waals surface area contributed by atoms with Crippen LogP contribution in [0, 0.1) is 47.3 Å². The van der Waals surface area contributed by atoms with Crippen molar-refractivity contribution in [2.75, 3.05) is 39.5 Å². The maximum Gasteiger partial charge on any atom is 0.234 e. The van der Waals surface area contributed by atoms with Crippen LogP contribution >= 0.6 is 0 Å². The van der Waals surface area contributed by atoms with Crippen LogP contribution < -0.4 is 0 Å². The molecule has 0 aromatic rings. The molecule has 2 heterocycles. The number of amides is 4. The summed E-state index contributed by atoms with van der Waals surface area (Å²) >= 11 is 0. The number of hydrogen-bond donors (Lipinski definition) is 0. The molecule has 4 fully saturated rings. The van der Waals surface area contributed by atoms with Crippen LogP contribution in [0.3, 0.4) is 0 Å². The number of fused-ring (bicyclic) bond motifs is 1. The molecule has 8 nitrogen and oxygen atoms in total. The van der Waals surface area contributed by atoms with Crippen molar-refractivity contribution in [2.45, 2.75) is 27.7 Å². The van der Waals surface area contributed by atoms with Gasteiger partial charge < -0.3 is 0 Å². The average molecular weight is 443 g/mol. The van der Waals surface area contributed by atoms with Gasteiger partial charge in [0.2, 0.25) is 23.6 Å². The fourth-order valence-corrected chi connectivity index (χ4v) is 7.25. The molecule has 0 radical (unpaired) electrons. The van der Waals surface area contributed by atoms with Crippen LogP contribution in [0.15, 0.2) is 12.2 Å². The van der Waals surface area contributed by atoms with Gasteiger partial charge in [-0.3, -0.25) is 38.8 Å². The van der Waals surface area contributed by atoms with Gasteiger partial charge in [-0.05, 0) is 49.9 Å². The van der Waals surface area contributed by atoms with Crippen LogP contribution in [-0.2, 0) is 19.2 Å². The fraction of sp³-hybridized carbons (Fsp3) is 0.750. The van der Waals surface area contributed by atoms with E-state index in [0.29, 0.717) is 13.3 Å². The highest BCUT2D eigenvalue weighted by molar-refractivity contribution is 6.09. The minimum absolute atomic E-state index is 0.000411. The van der Waals surface area contributed by atoms with Crippen molar-refractivity contribution in [3.8, 4) is 0 Å². The molecular formula is C24H34N4O4. The Morgan fingerprint density at radius 2 is 0.906 bits per heavy atom. The summed E-state index contributed by atoms with van der Waals surface area (Å²) in [6.45, 7) is 11.9. The van der Waals surface area contributed by atoms with Crippen molar-refractivity contribution in [2.24, 2.45) is 47.3 Å². The molecule has 2 aliphatic heterocycles. The van der Waals surface area contributed by atoms with E-state index in [-0.39, 0.29) is 71.0 Å². The quantitative estimate of drug-likeness (QED) is 0.410. The topological polar surface area (TPSA) is 81.2 Å². The van der Waals surface area contributed by atoms with Gasteiger partial charge in [-0.15, -0.1) is 0 Å². The van der Waals surface area contributed by atoms with Gasteiger partial charge in [-0.2, -0.15) is 0 Å². The minimum Gasteiger partial charge on any atom is -0.286 e. The number of allylic oxidation sites excluding steroid dienone is 2. The third-order valence-electron chi connectivity index (χ3n) is 9.00. The lowest BCUT2D eigenvalue weighted by Crippen LogP contribution is -2.63. The number of carbonyl (C=O) groups excluding carboxylic acids is 4. The molecule has 0 aromatic heterocycles. The number of nitrogens with zero attached hydrogens (tertiary/aromatic N) is 4. The van der Waals surface area contributed by atoms with E-state index in [1.165, 1.54) is 9.80 Å². The summed E-state index contributed by atoms with van der Waals surface area (Å²) < 4.78 is 0. The molecule has 4 aliphatic carbocycles. The second-order valence-corrected chi connectivity index (χ2v) is 9.90. The zero-order valence-corrected chi connectivity index (χ0v) is 19.4. The Morgan fingerprint density at radius 3 is 1.22 bits per heavy atom. The van der Waals surface area contributed by atoms with Gasteiger partial charge in [0.05, 0.1) is 37.0 Å². The lowest BCUT2D eigenvalue weighted by Gasteiger charge is -2.60. The zero-order valence-electron chi connectivity index (χ0n) is 19.4. The maximum atomic E-state index is 13.4. The Bertz CT molecular complexity index is 823. The van der Waals surface area contributed by atoms with E-state index in [1.54, 1.807) is 0 Å². The normalized spacial score (nSPS) is 39.3. The summed E-state index contributed by atoms with van der Waals surface area (Å²) in [7, 11) is 0. The monoisotopic (exact) mass is 442 g/mol. The van der Waals surface area contributed by atoms with Gasteiger partial charge in [-0.25, -0.2) is 0 Å². The Morgan fingerprint density at radius 1 is 0.594 bits per heavy atom. The third kappa shape index (κ3) is 2.68. The van der Waals surface area contributed by atoms with Gasteiger partial charge in [-0.1, -0.05) is 39.8 Å². The van der Waals surface area contributed by atoms with Crippen molar-refractivity contribution >= 4 is 23.6 Å². The molecule has 2 saturated carbocycles. The van der Waals surface area contributed by atoms with Crippen molar-refractivity contribution in [3.05, 3.63) is 12.2 Å². The molecule has 8 atom stereocenters. The summed E-state index contributed by atoms with van der Waals surface area (Å²) in [5.74, 6) is -2.02. The molecule has 8 unspecified atom stereocenters. The summed E-state index contributed by atoms with van der Waals surface area (Å²) in [4.78, 5) is 60.4. The number of carbonyl (C=O) groups is 4. The van der Waals surface area contributed by atoms with Gasteiger partial charge >= 0.3 is 0 Å². The molecule has 8 heteroatoms. The van der Waals surface area contributed by atoms with E-state index in [1.807, 2.05) is 27.7 Å². The van der Waals surface area contributed by atoms with Crippen LogP contribution in [0.2, 0.25) is 0 Å². The van der Waals surface area contributed by atoms with Crippen molar-refractivity contribution in [3.63, 3.8) is 0 Å². The van der Waals surface area contributed by atoms with E-state index < -0.39 is 0 Å². The van der Waals surface area contributed by atoms with Gasteiger partial charge in [0.15, 0.2) is 0 Å². The second-order valence-electron chi connectivity index (χ2n) is 9.90. The third-order valence-corrected chi connectivity index (χ3v) is 9.00. The van der Waals surface area contributed by atoms with Crippen LogP contribution in [0.4, 0.5) is 0 Å². The lowest BCUT2D eigenvalue weighted by molar-refractivity contribution is -0.166. The highest BCUT2D eigenvalue weighted by Crippen LogP contribution is 2.68. The number of imide groups is 2. The van der Waals surface area contributed by atoms with Crippen LogP contribution in [0.25, 0.3) is 0 Å². The highest BCUT2D eigenvalue weighted by Gasteiger charge is 2.75. The largest absolute Gasteiger partial charge is 0.286 e. The maximum absolute atomic E-state index is 13.4. The Kier molecular flexibility index (Phi) is 5.28. The SMILES string of the molecule is CCN(CC)CN1C(=O)C2C3C=CC(C2C1=O)C1C2C(=O)N(CN(CC)CC)C(=O)C2C31. The molecule has 0 aromatic carbocycles. The number of rotatable bonds is 8. The van der Waals surface area contributed by atoms with E-state index in [9.17, 15) is 19.2 Å². The summed E-state index contributed by atoms with van der Waals surface area (Å²) in [5.41, 5.74) is 0. The molecule has 4 amide bonds. The van der Waals surface area contributed by atoms with Crippen molar-refractivity contribution in [1.29, 1.82) is 0 Å². The average Bonchev–Trinajstić information content (AvgIpc) is 3.15. The van der Waals surface area contributed by atoms with Crippen LogP contribution in [-0.4, -0.2) is 82.7 Å². The molecule has 174 valence electrons. The Hall–Kier alpha value is -2.06. The van der Waals surface area contributed by atoms with Gasteiger partial charge in [0.25, 0.3) is 0 Å². The standard InChI is InChI=1S/C24H34N4O4/c1-5-25(6-2)11-27-21(29)17-13-9-10-14(18(17)22(27)30)16-15(13)19-20(16)24(32)28(23(19)31)12-26(7-3)8-4/h9-10,13-20H,5-8,11-12H2,1-4H3. The lowest BCUT2D eigenvalue weighted by atomic mass is 9.40. The van der Waals surface area contributed by atoms with Crippen molar-refractivity contribution in [1.82, 2.24) is 19.6 Å². The first-order valence-electron chi connectivity index (χ1n) is 12.2. The van der Waals surface area contributed by atoms with Crippen LogP contribution in [0.1, 0.15) is 27.7 Å². The molecule has 2 saturated heterocycles. The first-order chi connectivity index (χ1) is 15.4. The molecular weight excluding hydrogens is 408 g/mol. The van der Waals surface area contributed by atoms with Crippen molar-refractivity contribution < 1.29 is 19.2 Å². The Balaban J connectivity index is 1.41. The van der Waals surface area contributed by atoms with E-state index >= 15 is 0 Å². The first kappa shape index (κ1) is 21.8. The molecule has 2 bridgehead atoms. The molecule has 6 aliphatic rings. The first-order valence-corrected chi connectivity index (χ1v) is 12.2. The summed E-state index contributed by atoms with van der Waals surface area (Å²) in [6, 6.07) is 0. The minimum atomic E-state index is -0.380. The smallest absolute Gasteiger partial charge is 0.234 e. The summed E-state index contributed by atoms with van der Waals surface area (Å²) in [6.07, 6.45) is 4.14. The number of likely N-dealkylation sites (tertiary alicyclic amines) is 2.